The summed E-state index contributed by atoms with van der Waals surface area (Å²) < 4.78 is 6.25. The van der Waals surface area contributed by atoms with Crippen LogP contribution in [0.3, 0.4) is 0 Å². The predicted molar refractivity (Wildman–Crippen MR) is 68.0 cm³/mol. The molecule has 0 spiro atoms. The van der Waals surface area contributed by atoms with Crippen molar-refractivity contribution < 1.29 is 9.66 Å². The molecule has 1 aromatic rings. The number of benzene rings is 1. The molecule has 0 heterocycles. The number of nitro groups is 1. The summed E-state index contributed by atoms with van der Waals surface area (Å²) in [7, 11) is 0. The van der Waals surface area contributed by atoms with Gasteiger partial charge in [0.15, 0.2) is 11.4 Å². The second-order valence-corrected chi connectivity index (χ2v) is 5.52. The molecule has 0 atom stereocenters. The van der Waals surface area contributed by atoms with Crippen LogP contribution < -0.4 is 10.5 Å². The fourth-order valence-electron chi connectivity index (χ4n) is 1.47. The highest BCUT2D eigenvalue weighted by molar-refractivity contribution is 9.10. The molecular weight excluding hydrogens is 288 g/mol. The number of rotatable bonds is 4. The molecule has 1 aliphatic carbocycles. The van der Waals surface area contributed by atoms with E-state index in [2.05, 4.69) is 22.9 Å². The van der Waals surface area contributed by atoms with Crippen molar-refractivity contribution in [2.24, 2.45) is 5.41 Å². The van der Waals surface area contributed by atoms with E-state index in [4.69, 9.17) is 10.5 Å². The molecular formula is C11H13BrN2O3. The first kappa shape index (κ1) is 12.2. The van der Waals surface area contributed by atoms with Gasteiger partial charge in [-0.1, -0.05) is 6.92 Å². The fourth-order valence-corrected chi connectivity index (χ4v) is 1.93. The molecule has 0 aliphatic heterocycles. The number of nitrogen functional groups attached to an aromatic ring is 1. The third-order valence-electron chi connectivity index (χ3n) is 2.99. The van der Waals surface area contributed by atoms with Crippen LogP contribution in [0.2, 0.25) is 0 Å². The van der Waals surface area contributed by atoms with Crippen LogP contribution in [0.1, 0.15) is 19.8 Å². The molecule has 0 radical (unpaired) electrons. The average Bonchev–Trinajstić information content (AvgIpc) is 2.96. The van der Waals surface area contributed by atoms with Gasteiger partial charge in [-0.3, -0.25) is 10.1 Å². The number of halogens is 1. The van der Waals surface area contributed by atoms with E-state index < -0.39 is 4.92 Å². The van der Waals surface area contributed by atoms with Crippen molar-refractivity contribution in [3.05, 3.63) is 26.7 Å². The highest BCUT2D eigenvalue weighted by atomic mass is 79.9. The van der Waals surface area contributed by atoms with Gasteiger partial charge in [0.1, 0.15) is 0 Å². The van der Waals surface area contributed by atoms with E-state index in [1.165, 1.54) is 6.07 Å². The zero-order valence-electron chi connectivity index (χ0n) is 9.40. The monoisotopic (exact) mass is 300 g/mol. The van der Waals surface area contributed by atoms with E-state index in [1.807, 2.05) is 0 Å². The molecule has 0 amide bonds. The SMILES string of the molecule is CC1(COc2c(Br)ccc([N+](=O)[O-])c2N)CC1. The molecule has 0 bridgehead atoms. The van der Waals surface area contributed by atoms with E-state index in [0.717, 1.165) is 12.8 Å². The molecule has 0 saturated heterocycles. The van der Waals surface area contributed by atoms with Crippen molar-refractivity contribution in [3.8, 4) is 5.75 Å². The zero-order chi connectivity index (χ0) is 12.6. The van der Waals surface area contributed by atoms with Crippen LogP contribution in [0.25, 0.3) is 0 Å². The van der Waals surface area contributed by atoms with Gasteiger partial charge >= 0.3 is 0 Å². The van der Waals surface area contributed by atoms with Crippen LogP contribution in [0.15, 0.2) is 16.6 Å². The minimum atomic E-state index is -0.506. The molecule has 0 unspecified atom stereocenters. The van der Waals surface area contributed by atoms with Gasteiger partial charge in [0.25, 0.3) is 5.69 Å². The highest BCUT2D eigenvalue weighted by Gasteiger charge is 2.38. The lowest BCUT2D eigenvalue weighted by molar-refractivity contribution is -0.384. The van der Waals surface area contributed by atoms with Gasteiger partial charge in [0.05, 0.1) is 16.0 Å². The second-order valence-electron chi connectivity index (χ2n) is 4.67. The minimum Gasteiger partial charge on any atom is -0.489 e. The Hall–Kier alpha value is -1.30. The molecule has 1 aromatic carbocycles. The summed E-state index contributed by atoms with van der Waals surface area (Å²) >= 11 is 3.29. The Morgan fingerprint density at radius 3 is 2.76 bits per heavy atom. The van der Waals surface area contributed by atoms with Crippen molar-refractivity contribution in [2.75, 3.05) is 12.3 Å². The Kier molecular flexibility index (Phi) is 2.99. The maximum absolute atomic E-state index is 10.8. The van der Waals surface area contributed by atoms with E-state index in [1.54, 1.807) is 6.07 Å². The third-order valence-corrected chi connectivity index (χ3v) is 3.61. The van der Waals surface area contributed by atoms with E-state index in [-0.39, 0.29) is 16.8 Å². The first-order valence-corrected chi connectivity index (χ1v) is 6.07. The second kappa shape index (κ2) is 4.18. The maximum Gasteiger partial charge on any atom is 0.296 e. The summed E-state index contributed by atoms with van der Waals surface area (Å²) in [5.41, 5.74) is 5.90. The Bertz CT molecular complexity index is 472. The molecule has 5 nitrogen and oxygen atoms in total. The van der Waals surface area contributed by atoms with Crippen LogP contribution in [0.5, 0.6) is 5.75 Å². The number of hydrogen-bond acceptors (Lipinski definition) is 4. The van der Waals surface area contributed by atoms with E-state index in [0.29, 0.717) is 16.8 Å². The predicted octanol–water partition coefficient (Wildman–Crippen LogP) is 3.12. The Labute approximate surface area is 107 Å². The Morgan fingerprint density at radius 1 is 1.59 bits per heavy atom. The van der Waals surface area contributed by atoms with Crippen LogP contribution in [-0.4, -0.2) is 11.5 Å². The number of anilines is 1. The summed E-state index contributed by atoms with van der Waals surface area (Å²) in [6.45, 7) is 2.66. The molecule has 1 saturated carbocycles. The molecule has 6 heteroatoms. The van der Waals surface area contributed by atoms with Crippen molar-refractivity contribution in [2.45, 2.75) is 19.8 Å². The molecule has 0 aromatic heterocycles. The van der Waals surface area contributed by atoms with Gasteiger partial charge < -0.3 is 10.5 Å². The van der Waals surface area contributed by atoms with Crippen molar-refractivity contribution in [1.29, 1.82) is 0 Å². The highest BCUT2D eigenvalue weighted by Crippen LogP contribution is 2.46. The van der Waals surface area contributed by atoms with Crippen LogP contribution in [-0.2, 0) is 0 Å². The van der Waals surface area contributed by atoms with Gasteiger partial charge in [0.2, 0.25) is 0 Å². The molecule has 2 rings (SSSR count). The van der Waals surface area contributed by atoms with Crippen molar-refractivity contribution >= 4 is 27.3 Å². The van der Waals surface area contributed by atoms with E-state index in [9.17, 15) is 10.1 Å². The minimum absolute atomic E-state index is 0.0774. The lowest BCUT2D eigenvalue weighted by Crippen LogP contribution is -2.11. The number of nitro benzene ring substituents is 1. The number of nitrogens with two attached hydrogens (primary N) is 1. The van der Waals surface area contributed by atoms with Gasteiger partial charge in [-0.2, -0.15) is 0 Å². The fraction of sp³-hybridized carbons (Fsp3) is 0.455. The third kappa shape index (κ3) is 2.52. The standard InChI is InChI=1S/C11H13BrN2O3/c1-11(4-5-11)6-17-10-7(12)2-3-8(9(10)13)14(15)16/h2-3H,4-6,13H2,1H3. The Morgan fingerprint density at radius 2 is 2.24 bits per heavy atom. The summed E-state index contributed by atoms with van der Waals surface area (Å²) in [4.78, 5) is 10.2. The van der Waals surface area contributed by atoms with Crippen LogP contribution in [0, 0.1) is 15.5 Å². The molecule has 92 valence electrons. The normalized spacial score (nSPS) is 16.6. The van der Waals surface area contributed by atoms with Crippen molar-refractivity contribution in [3.63, 3.8) is 0 Å². The summed E-state index contributed by atoms with van der Waals surface area (Å²) in [6.07, 6.45) is 2.25. The van der Waals surface area contributed by atoms with Gasteiger partial charge in [-0.25, -0.2) is 0 Å². The lowest BCUT2D eigenvalue weighted by atomic mass is 10.2. The number of nitrogens with zero attached hydrogens (tertiary/aromatic N) is 1. The summed E-state index contributed by atoms with van der Waals surface area (Å²) in [5, 5.41) is 10.8. The first-order chi connectivity index (χ1) is 7.93. The number of hydrogen-bond donors (Lipinski definition) is 1. The molecule has 1 fully saturated rings. The maximum atomic E-state index is 10.8. The zero-order valence-corrected chi connectivity index (χ0v) is 11.0. The van der Waals surface area contributed by atoms with Crippen LogP contribution in [0.4, 0.5) is 11.4 Å². The largest absolute Gasteiger partial charge is 0.489 e. The smallest absolute Gasteiger partial charge is 0.296 e. The van der Waals surface area contributed by atoms with Gasteiger partial charge in [-0.05, 0) is 34.8 Å². The van der Waals surface area contributed by atoms with Gasteiger partial charge in [-0.15, -0.1) is 0 Å². The van der Waals surface area contributed by atoms with E-state index >= 15 is 0 Å². The van der Waals surface area contributed by atoms with Crippen molar-refractivity contribution in [1.82, 2.24) is 0 Å². The Balaban J connectivity index is 2.25. The molecule has 2 N–H and O–H groups in total. The topological polar surface area (TPSA) is 78.4 Å². The van der Waals surface area contributed by atoms with Crippen LogP contribution >= 0.6 is 15.9 Å². The lowest BCUT2D eigenvalue weighted by Gasteiger charge is -2.14. The quantitative estimate of drug-likeness (QED) is 0.526. The summed E-state index contributed by atoms with van der Waals surface area (Å²) in [5.74, 6) is 0.368. The molecule has 1 aliphatic rings. The summed E-state index contributed by atoms with van der Waals surface area (Å²) in [6, 6.07) is 2.95. The average molecular weight is 301 g/mol. The first-order valence-electron chi connectivity index (χ1n) is 5.28. The number of ether oxygens (including phenoxy) is 1. The molecule has 17 heavy (non-hydrogen) atoms. The van der Waals surface area contributed by atoms with Gasteiger partial charge in [0, 0.05) is 11.5 Å².